The maximum absolute atomic E-state index is 13.2. The van der Waals surface area contributed by atoms with Gasteiger partial charge in [0.25, 0.3) is 5.56 Å². The highest BCUT2D eigenvalue weighted by atomic mass is 16.5. The van der Waals surface area contributed by atoms with Gasteiger partial charge in [-0.2, -0.15) is 0 Å². The van der Waals surface area contributed by atoms with Crippen molar-refractivity contribution in [1.29, 1.82) is 0 Å². The van der Waals surface area contributed by atoms with Crippen LogP contribution in [0, 0.1) is 0 Å². The molecule has 0 bridgehead atoms. The molecule has 4 rings (SSSR count). The zero-order valence-corrected chi connectivity index (χ0v) is 17.4. The lowest BCUT2D eigenvalue weighted by atomic mass is 10.1. The van der Waals surface area contributed by atoms with Crippen LogP contribution in [0.25, 0.3) is 11.0 Å². The molecular formula is C22H27N5O3. The number of nitrogens with two attached hydrogens (primary N) is 1. The number of ketones is 1. The molecule has 0 unspecified atom stereocenters. The van der Waals surface area contributed by atoms with Crippen LogP contribution in [-0.2, 0) is 13.1 Å². The molecule has 30 heavy (non-hydrogen) atoms. The van der Waals surface area contributed by atoms with E-state index >= 15 is 0 Å². The van der Waals surface area contributed by atoms with E-state index in [4.69, 9.17) is 10.5 Å². The van der Waals surface area contributed by atoms with Gasteiger partial charge in [-0.3, -0.25) is 14.2 Å². The van der Waals surface area contributed by atoms with E-state index in [1.165, 1.54) is 10.9 Å². The number of anilines is 1. The van der Waals surface area contributed by atoms with E-state index in [2.05, 4.69) is 9.88 Å². The van der Waals surface area contributed by atoms with Gasteiger partial charge in [-0.05, 0) is 31.9 Å². The van der Waals surface area contributed by atoms with Crippen molar-refractivity contribution in [3.63, 3.8) is 0 Å². The number of rotatable bonds is 6. The quantitative estimate of drug-likeness (QED) is 0.626. The number of aryl methyl sites for hydroxylation is 1. The van der Waals surface area contributed by atoms with Crippen LogP contribution in [0.3, 0.4) is 0 Å². The molecule has 0 radical (unpaired) electrons. The van der Waals surface area contributed by atoms with Gasteiger partial charge in [0.1, 0.15) is 17.1 Å². The second-order valence-electron chi connectivity index (χ2n) is 7.66. The van der Waals surface area contributed by atoms with Gasteiger partial charge < -0.3 is 19.9 Å². The summed E-state index contributed by atoms with van der Waals surface area (Å²) in [4.78, 5) is 32.7. The molecule has 1 aromatic carbocycles. The molecule has 0 saturated carbocycles. The summed E-state index contributed by atoms with van der Waals surface area (Å²) in [7, 11) is 1.55. The summed E-state index contributed by atoms with van der Waals surface area (Å²) in [6, 6.07) is 9.01. The van der Waals surface area contributed by atoms with Gasteiger partial charge in [-0.1, -0.05) is 12.1 Å². The molecular weight excluding hydrogens is 382 g/mol. The Hall–Kier alpha value is -3.13. The summed E-state index contributed by atoms with van der Waals surface area (Å²) in [6.45, 7) is 4.24. The Balaban J connectivity index is 1.69. The minimum absolute atomic E-state index is 0.0756. The van der Waals surface area contributed by atoms with E-state index in [0.29, 0.717) is 28.9 Å². The molecule has 1 saturated heterocycles. The Morgan fingerprint density at radius 1 is 1.33 bits per heavy atom. The number of carbonyl (C=O) groups excluding carboxylic acids is 1. The topological polar surface area (TPSA) is 95.4 Å². The fraction of sp³-hybridized carbons (Fsp3) is 0.409. The molecule has 2 N–H and O–H groups in total. The van der Waals surface area contributed by atoms with E-state index in [0.717, 1.165) is 31.7 Å². The number of hydrogen-bond donors (Lipinski definition) is 1. The Labute approximate surface area is 174 Å². The van der Waals surface area contributed by atoms with Gasteiger partial charge in [-0.25, -0.2) is 4.98 Å². The van der Waals surface area contributed by atoms with Crippen LogP contribution >= 0.6 is 0 Å². The van der Waals surface area contributed by atoms with Gasteiger partial charge in [0.2, 0.25) is 0 Å². The smallest absolute Gasteiger partial charge is 0.278 e. The molecule has 2 aromatic heterocycles. The number of nitrogens with zero attached hydrogens (tertiary/aromatic N) is 4. The van der Waals surface area contributed by atoms with E-state index in [-0.39, 0.29) is 23.9 Å². The molecule has 1 fully saturated rings. The third kappa shape index (κ3) is 3.70. The molecule has 1 atom stereocenters. The number of fused-ring (bicyclic) bond motifs is 1. The maximum Gasteiger partial charge on any atom is 0.278 e. The Bertz CT molecular complexity index is 1130. The predicted molar refractivity (Wildman–Crippen MR) is 116 cm³/mol. The molecule has 3 heterocycles. The van der Waals surface area contributed by atoms with Gasteiger partial charge in [0.15, 0.2) is 5.78 Å². The molecule has 8 nitrogen and oxygen atoms in total. The highest BCUT2D eigenvalue weighted by Gasteiger charge is 2.23. The van der Waals surface area contributed by atoms with Crippen LogP contribution < -0.4 is 20.9 Å². The number of ether oxygens (including phenoxy) is 1. The number of carbonyl (C=O) groups is 1. The second-order valence-corrected chi connectivity index (χ2v) is 7.66. The first-order valence-corrected chi connectivity index (χ1v) is 10.3. The van der Waals surface area contributed by atoms with Crippen LogP contribution in [0.15, 0.2) is 41.5 Å². The first kappa shape index (κ1) is 20.2. The van der Waals surface area contributed by atoms with Gasteiger partial charge in [0.05, 0.1) is 25.5 Å². The first-order chi connectivity index (χ1) is 14.5. The lowest BCUT2D eigenvalue weighted by Gasteiger charge is -2.33. The summed E-state index contributed by atoms with van der Waals surface area (Å²) in [6.07, 6.45) is 3.49. The van der Waals surface area contributed by atoms with Crippen molar-refractivity contribution in [2.75, 3.05) is 25.1 Å². The Kier molecular flexibility index (Phi) is 5.59. The molecule has 8 heteroatoms. The Morgan fingerprint density at radius 2 is 2.17 bits per heavy atom. The third-order valence-corrected chi connectivity index (χ3v) is 5.66. The normalized spacial score (nSPS) is 16.8. The SMILES string of the molecule is CCn1c(N2CCC[C@H](N)C2)cc2ncn(CC(=O)c3cccc(OC)c3)c(=O)c21. The standard InChI is InChI=1S/C22H27N5O3/c1-3-27-20(25-9-5-7-16(23)12-25)11-18-21(27)22(29)26(14-24-18)13-19(28)15-6-4-8-17(10-15)30-2/h4,6,8,10-11,14,16H,3,5,7,9,12-13,23H2,1-2H3/t16-/m0/s1. The molecule has 158 valence electrons. The Morgan fingerprint density at radius 3 is 2.90 bits per heavy atom. The van der Waals surface area contributed by atoms with Crippen LogP contribution in [0.5, 0.6) is 5.75 Å². The highest BCUT2D eigenvalue weighted by Crippen LogP contribution is 2.26. The van der Waals surface area contributed by atoms with Crippen LogP contribution in [0.1, 0.15) is 30.1 Å². The van der Waals surface area contributed by atoms with Crippen molar-refractivity contribution in [2.45, 2.75) is 38.9 Å². The average Bonchev–Trinajstić information content (AvgIpc) is 3.15. The zero-order valence-electron chi connectivity index (χ0n) is 17.4. The van der Waals surface area contributed by atoms with Crippen LogP contribution in [0.4, 0.5) is 5.82 Å². The van der Waals surface area contributed by atoms with Crippen molar-refractivity contribution >= 4 is 22.6 Å². The van der Waals surface area contributed by atoms with E-state index in [1.54, 1.807) is 31.4 Å². The van der Waals surface area contributed by atoms with Crippen LogP contribution in [-0.4, -0.2) is 46.1 Å². The maximum atomic E-state index is 13.2. The van der Waals surface area contributed by atoms with Gasteiger partial charge in [0, 0.05) is 37.3 Å². The minimum Gasteiger partial charge on any atom is -0.497 e. The van der Waals surface area contributed by atoms with Crippen molar-refractivity contribution in [3.05, 3.63) is 52.6 Å². The first-order valence-electron chi connectivity index (χ1n) is 10.3. The number of benzene rings is 1. The van der Waals surface area contributed by atoms with Crippen molar-refractivity contribution in [3.8, 4) is 5.75 Å². The fourth-order valence-electron chi connectivity index (χ4n) is 4.12. The average molecular weight is 409 g/mol. The number of hydrogen-bond acceptors (Lipinski definition) is 6. The summed E-state index contributed by atoms with van der Waals surface area (Å²) < 4.78 is 8.54. The van der Waals surface area contributed by atoms with Crippen molar-refractivity contribution in [1.82, 2.24) is 14.1 Å². The lowest BCUT2D eigenvalue weighted by molar-refractivity contribution is 0.0970. The van der Waals surface area contributed by atoms with Gasteiger partial charge >= 0.3 is 0 Å². The number of piperidine rings is 1. The van der Waals surface area contributed by atoms with Gasteiger partial charge in [-0.15, -0.1) is 0 Å². The fourth-order valence-corrected chi connectivity index (χ4v) is 4.12. The van der Waals surface area contributed by atoms with E-state index < -0.39 is 0 Å². The minimum atomic E-state index is -0.217. The summed E-state index contributed by atoms with van der Waals surface area (Å²) in [5.41, 5.74) is 7.59. The molecule has 1 aliphatic heterocycles. The summed E-state index contributed by atoms with van der Waals surface area (Å²) in [5, 5.41) is 0. The molecule has 3 aromatic rings. The summed E-state index contributed by atoms with van der Waals surface area (Å²) in [5.74, 6) is 1.39. The molecule has 1 aliphatic rings. The van der Waals surface area contributed by atoms with Crippen molar-refractivity contribution < 1.29 is 9.53 Å². The molecule has 0 amide bonds. The van der Waals surface area contributed by atoms with Crippen LogP contribution in [0.2, 0.25) is 0 Å². The monoisotopic (exact) mass is 409 g/mol. The number of aromatic nitrogens is 3. The zero-order chi connectivity index (χ0) is 21.3. The third-order valence-electron chi connectivity index (χ3n) is 5.66. The van der Waals surface area contributed by atoms with E-state index in [9.17, 15) is 9.59 Å². The summed E-state index contributed by atoms with van der Waals surface area (Å²) >= 11 is 0. The predicted octanol–water partition coefficient (Wildman–Crippen LogP) is 2.04. The largest absolute Gasteiger partial charge is 0.497 e. The number of Topliss-reactive ketones (excluding diaryl/α,β-unsaturated/α-hetero) is 1. The highest BCUT2D eigenvalue weighted by molar-refractivity contribution is 5.96. The number of methoxy groups -OCH3 is 1. The van der Waals surface area contributed by atoms with Crippen molar-refractivity contribution in [2.24, 2.45) is 5.73 Å². The molecule has 0 spiro atoms. The van der Waals surface area contributed by atoms with E-state index in [1.807, 2.05) is 17.6 Å². The second kappa shape index (κ2) is 8.31. The lowest BCUT2D eigenvalue weighted by Crippen LogP contribution is -2.43. The molecule has 0 aliphatic carbocycles.